The first-order valence-electron chi connectivity index (χ1n) is 5.19. The van der Waals surface area contributed by atoms with Crippen LogP contribution < -0.4 is 0 Å². The van der Waals surface area contributed by atoms with E-state index in [1.165, 1.54) is 0 Å². The van der Waals surface area contributed by atoms with Crippen molar-refractivity contribution in [2.45, 2.75) is 26.7 Å². The van der Waals surface area contributed by atoms with Gasteiger partial charge in [0.2, 0.25) is 0 Å². The van der Waals surface area contributed by atoms with Gasteiger partial charge in [0.05, 0.1) is 12.0 Å². The predicted octanol–water partition coefficient (Wildman–Crippen LogP) is 2.98. The number of hydrogen-bond donors (Lipinski definition) is 0. The molecule has 1 atom stereocenters. The highest BCUT2D eigenvalue weighted by molar-refractivity contribution is 5.97. The van der Waals surface area contributed by atoms with E-state index < -0.39 is 0 Å². The van der Waals surface area contributed by atoms with Crippen LogP contribution in [0.4, 0.5) is 0 Å². The van der Waals surface area contributed by atoms with Gasteiger partial charge in [-0.05, 0) is 18.9 Å². The molecule has 0 heterocycles. The number of carbonyl (C=O) groups is 1. The molecule has 0 bridgehead atoms. The van der Waals surface area contributed by atoms with Crippen LogP contribution in [0.2, 0.25) is 0 Å². The van der Waals surface area contributed by atoms with Crippen molar-refractivity contribution in [1.82, 2.24) is 0 Å². The lowest BCUT2D eigenvalue weighted by molar-refractivity contribution is 0.0972. The fraction of sp³-hybridized carbons (Fsp3) is 0.385. The largest absolute Gasteiger partial charge is 0.294 e. The lowest BCUT2D eigenvalue weighted by atomic mass is 9.96. The Morgan fingerprint density at radius 3 is 2.73 bits per heavy atom. The van der Waals surface area contributed by atoms with Crippen molar-refractivity contribution in [2.75, 3.05) is 0 Å². The molecule has 0 N–H and O–H groups in total. The van der Waals surface area contributed by atoms with E-state index in [9.17, 15) is 4.79 Å². The van der Waals surface area contributed by atoms with Crippen molar-refractivity contribution >= 4 is 5.78 Å². The van der Waals surface area contributed by atoms with Gasteiger partial charge in [0.25, 0.3) is 0 Å². The summed E-state index contributed by atoms with van der Waals surface area (Å²) in [6, 6.07) is 9.68. The highest BCUT2D eigenvalue weighted by Gasteiger charge is 2.12. The van der Waals surface area contributed by atoms with Crippen molar-refractivity contribution < 1.29 is 4.79 Å². The molecule has 0 aromatic heterocycles. The average molecular weight is 201 g/mol. The van der Waals surface area contributed by atoms with E-state index in [-0.39, 0.29) is 11.7 Å². The van der Waals surface area contributed by atoms with Gasteiger partial charge < -0.3 is 0 Å². The molecule has 0 spiro atoms. The summed E-state index contributed by atoms with van der Waals surface area (Å²) in [5.41, 5.74) is 1.83. The highest BCUT2D eigenvalue weighted by atomic mass is 16.1. The maximum Gasteiger partial charge on any atom is 0.164 e. The lowest BCUT2D eigenvalue weighted by Gasteiger charge is -2.06. The lowest BCUT2D eigenvalue weighted by Crippen LogP contribution is -2.07. The van der Waals surface area contributed by atoms with Crippen molar-refractivity contribution in [3.8, 4) is 6.07 Å². The van der Waals surface area contributed by atoms with Crippen molar-refractivity contribution in [3.63, 3.8) is 0 Å². The zero-order valence-corrected chi connectivity index (χ0v) is 9.16. The third-order valence-corrected chi connectivity index (χ3v) is 2.41. The topological polar surface area (TPSA) is 40.9 Å². The van der Waals surface area contributed by atoms with Gasteiger partial charge in [-0.1, -0.05) is 31.2 Å². The van der Waals surface area contributed by atoms with Crippen LogP contribution in [0.1, 0.15) is 36.2 Å². The molecule has 0 aliphatic carbocycles. The molecule has 0 aliphatic rings. The first kappa shape index (κ1) is 11.5. The number of nitrogens with zero attached hydrogens (tertiary/aromatic N) is 1. The van der Waals surface area contributed by atoms with Gasteiger partial charge in [0.15, 0.2) is 5.78 Å². The normalized spacial score (nSPS) is 11.8. The highest BCUT2D eigenvalue weighted by Crippen LogP contribution is 2.14. The zero-order chi connectivity index (χ0) is 11.3. The summed E-state index contributed by atoms with van der Waals surface area (Å²) in [5.74, 6) is -0.135. The van der Waals surface area contributed by atoms with Gasteiger partial charge in [-0.25, -0.2) is 0 Å². The van der Waals surface area contributed by atoms with Gasteiger partial charge in [0, 0.05) is 12.0 Å². The molecular formula is C13H15NO. The van der Waals surface area contributed by atoms with Crippen LogP contribution in [0.5, 0.6) is 0 Å². The number of Topliss-reactive ketones (excluding diaryl/α,β-unsaturated/α-hetero) is 1. The summed E-state index contributed by atoms with van der Waals surface area (Å²) in [7, 11) is 0. The summed E-state index contributed by atoms with van der Waals surface area (Å²) in [6.45, 7) is 3.80. The number of hydrogen-bond acceptors (Lipinski definition) is 2. The van der Waals surface area contributed by atoms with Gasteiger partial charge in [0.1, 0.15) is 0 Å². The number of ketones is 1. The second kappa shape index (κ2) is 5.31. The average Bonchev–Trinajstić information content (AvgIpc) is 2.28. The summed E-state index contributed by atoms with van der Waals surface area (Å²) in [6.07, 6.45) is 1.16. The molecule has 0 saturated carbocycles. The van der Waals surface area contributed by atoms with E-state index in [0.29, 0.717) is 6.42 Å². The summed E-state index contributed by atoms with van der Waals surface area (Å²) < 4.78 is 0. The van der Waals surface area contributed by atoms with Crippen LogP contribution in [-0.2, 0) is 6.42 Å². The predicted molar refractivity (Wildman–Crippen MR) is 59.5 cm³/mol. The van der Waals surface area contributed by atoms with Gasteiger partial charge >= 0.3 is 0 Å². The molecule has 78 valence electrons. The third-order valence-electron chi connectivity index (χ3n) is 2.41. The second-order valence-corrected chi connectivity index (χ2v) is 3.67. The van der Waals surface area contributed by atoms with Gasteiger partial charge in [-0.3, -0.25) is 4.79 Å². The van der Waals surface area contributed by atoms with E-state index in [0.717, 1.165) is 17.5 Å². The minimum Gasteiger partial charge on any atom is -0.294 e. The summed E-state index contributed by atoms with van der Waals surface area (Å²) in [5, 5.41) is 8.65. The Labute approximate surface area is 90.5 Å². The Hall–Kier alpha value is -1.62. The number of benzene rings is 1. The molecule has 1 aromatic rings. The Kier molecular flexibility index (Phi) is 4.05. The van der Waals surface area contributed by atoms with Crippen molar-refractivity contribution in [3.05, 3.63) is 35.4 Å². The SMILES string of the molecule is CCc1ccccc1C(=O)CC(C)C#N. The van der Waals surface area contributed by atoms with E-state index in [1.54, 1.807) is 6.92 Å². The molecule has 15 heavy (non-hydrogen) atoms. The molecule has 2 nitrogen and oxygen atoms in total. The molecule has 0 aliphatic heterocycles. The van der Waals surface area contributed by atoms with E-state index in [2.05, 4.69) is 6.07 Å². The number of aryl methyl sites for hydroxylation is 1. The van der Waals surface area contributed by atoms with Crippen LogP contribution in [0.25, 0.3) is 0 Å². The number of carbonyl (C=O) groups excluding carboxylic acids is 1. The van der Waals surface area contributed by atoms with Crippen LogP contribution in [0.15, 0.2) is 24.3 Å². The maximum absolute atomic E-state index is 11.8. The molecule has 0 saturated heterocycles. The first-order chi connectivity index (χ1) is 7.19. The van der Waals surface area contributed by atoms with Crippen LogP contribution in [-0.4, -0.2) is 5.78 Å². The zero-order valence-electron chi connectivity index (χ0n) is 9.16. The standard InChI is InChI=1S/C13H15NO/c1-3-11-6-4-5-7-12(11)13(15)8-10(2)9-14/h4-7,10H,3,8H2,1-2H3. The van der Waals surface area contributed by atoms with Gasteiger partial charge in [-0.15, -0.1) is 0 Å². The Morgan fingerprint density at radius 1 is 1.47 bits per heavy atom. The minimum atomic E-state index is -0.206. The van der Waals surface area contributed by atoms with Crippen molar-refractivity contribution in [1.29, 1.82) is 5.26 Å². The van der Waals surface area contributed by atoms with E-state index in [4.69, 9.17) is 5.26 Å². The quantitative estimate of drug-likeness (QED) is 0.702. The summed E-state index contributed by atoms with van der Waals surface area (Å²) >= 11 is 0. The van der Waals surface area contributed by atoms with Crippen LogP contribution in [0.3, 0.4) is 0 Å². The molecule has 1 aromatic carbocycles. The Morgan fingerprint density at radius 2 is 2.13 bits per heavy atom. The summed E-state index contributed by atoms with van der Waals surface area (Å²) in [4.78, 5) is 11.8. The maximum atomic E-state index is 11.8. The molecule has 0 fully saturated rings. The van der Waals surface area contributed by atoms with Gasteiger partial charge in [-0.2, -0.15) is 5.26 Å². The fourth-order valence-corrected chi connectivity index (χ4v) is 1.53. The smallest absolute Gasteiger partial charge is 0.164 e. The Balaban J connectivity index is 2.87. The van der Waals surface area contributed by atoms with E-state index in [1.807, 2.05) is 31.2 Å². The number of rotatable bonds is 4. The fourth-order valence-electron chi connectivity index (χ4n) is 1.53. The van der Waals surface area contributed by atoms with Crippen LogP contribution in [0, 0.1) is 17.2 Å². The third kappa shape index (κ3) is 2.92. The van der Waals surface area contributed by atoms with Crippen LogP contribution >= 0.6 is 0 Å². The number of nitriles is 1. The molecular weight excluding hydrogens is 186 g/mol. The van der Waals surface area contributed by atoms with Crippen molar-refractivity contribution in [2.24, 2.45) is 5.92 Å². The molecule has 1 unspecified atom stereocenters. The molecule has 1 rings (SSSR count). The second-order valence-electron chi connectivity index (χ2n) is 3.67. The Bertz CT molecular complexity index is 390. The molecule has 2 heteroatoms. The minimum absolute atomic E-state index is 0.0708. The monoisotopic (exact) mass is 201 g/mol. The molecule has 0 amide bonds. The molecule has 0 radical (unpaired) electrons. The van der Waals surface area contributed by atoms with E-state index >= 15 is 0 Å². The first-order valence-corrected chi connectivity index (χ1v) is 5.19.